The van der Waals surface area contributed by atoms with Crippen LogP contribution < -0.4 is 5.73 Å². The molecule has 0 aromatic carbocycles. The number of fused-ring (bicyclic) bond motifs is 1. The Hall–Kier alpha value is -2.00. The molecule has 3 heterocycles. The minimum Gasteiger partial charge on any atom is -0.492 e. The first kappa shape index (κ1) is 14.9. The summed E-state index contributed by atoms with van der Waals surface area (Å²) in [6.07, 6.45) is 1.31. The van der Waals surface area contributed by atoms with Crippen molar-refractivity contribution in [1.29, 1.82) is 0 Å². The maximum atomic E-state index is 11.9. The first-order chi connectivity index (χ1) is 10.2. The smallest absolute Gasteiger partial charge is 0.359 e. The molecule has 0 spiro atoms. The number of hydrogen-bond donors (Lipinski definition) is 4. The van der Waals surface area contributed by atoms with E-state index in [9.17, 15) is 19.5 Å². The van der Waals surface area contributed by atoms with Gasteiger partial charge >= 0.3 is 7.60 Å². The van der Waals surface area contributed by atoms with Crippen LogP contribution in [0.2, 0.25) is 0 Å². The summed E-state index contributed by atoms with van der Waals surface area (Å²) < 4.78 is 18.6. The Kier molecular flexibility index (Phi) is 3.22. The van der Waals surface area contributed by atoms with E-state index >= 15 is 0 Å². The summed E-state index contributed by atoms with van der Waals surface area (Å²) in [6.45, 7) is 3.57. The lowest BCUT2D eigenvalue weighted by molar-refractivity contribution is 0.0377. The molecule has 0 aliphatic carbocycles. The molecule has 1 atom stereocenters. The molecular weight excluding hydrogens is 313 g/mol. The minimum absolute atomic E-state index is 0.0174. The van der Waals surface area contributed by atoms with Crippen molar-refractivity contribution in [3.05, 3.63) is 18.5 Å². The van der Waals surface area contributed by atoms with Gasteiger partial charge in [-0.3, -0.25) is 4.57 Å². The molecule has 1 aliphatic heterocycles. The molecule has 1 fully saturated rings. The average Bonchev–Trinajstić information content (AvgIpc) is 2.95. The van der Waals surface area contributed by atoms with Crippen molar-refractivity contribution in [2.45, 2.75) is 18.3 Å². The third kappa shape index (κ3) is 2.26. The normalized spacial score (nSPS) is 22.5. The number of nitrogens with two attached hydrogens (primary N) is 1. The largest absolute Gasteiger partial charge is 0.492 e. The van der Waals surface area contributed by atoms with Gasteiger partial charge < -0.3 is 29.9 Å². The summed E-state index contributed by atoms with van der Waals surface area (Å²) >= 11 is 0. The molecule has 0 bridgehead atoms. The second-order valence-corrected chi connectivity index (χ2v) is 7.06. The van der Waals surface area contributed by atoms with Gasteiger partial charge in [-0.2, -0.15) is 9.97 Å². The molecule has 2 aromatic heterocycles. The Morgan fingerprint density at radius 3 is 2.82 bits per heavy atom. The van der Waals surface area contributed by atoms with Crippen molar-refractivity contribution in [1.82, 2.24) is 19.5 Å². The molecule has 0 amide bonds. The maximum absolute atomic E-state index is 11.9. The number of hydrogen-bond acceptors (Lipinski definition) is 7. The molecule has 11 heteroatoms. The lowest BCUT2D eigenvalue weighted by Crippen LogP contribution is -2.33. The lowest BCUT2D eigenvalue weighted by atomic mass is 10.2. The van der Waals surface area contributed by atoms with Gasteiger partial charge in [0.05, 0.1) is 19.5 Å². The fourth-order valence-electron chi connectivity index (χ4n) is 2.44. The van der Waals surface area contributed by atoms with Gasteiger partial charge in [-0.25, -0.2) is 4.98 Å². The van der Waals surface area contributed by atoms with Crippen LogP contribution in [-0.2, 0) is 15.8 Å². The standard InChI is InChI=1S/C11H14N5O5P/c1-6-2-11(21-3-6,22(18,19)20)4-16-5-13-7-8(16)14-10(12)15-9(7)17/h5H,1-4H2,(H2,18,19,20)(H3,12,14,15,17)/t11-/m0/s1. The molecule has 1 saturated heterocycles. The number of nitrogen functional groups attached to an aromatic ring is 1. The van der Waals surface area contributed by atoms with E-state index in [1.54, 1.807) is 0 Å². The number of anilines is 1. The van der Waals surface area contributed by atoms with E-state index in [1.807, 2.05) is 0 Å². The topological polar surface area (TPSA) is 157 Å². The highest BCUT2D eigenvalue weighted by Crippen LogP contribution is 2.58. The van der Waals surface area contributed by atoms with E-state index in [4.69, 9.17) is 10.5 Å². The van der Waals surface area contributed by atoms with Crippen LogP contribution in [0.1, 0.15) is 6.42 Å². The van der Waals surface area contributed by atoms with Crippen molar-refractivity contribution >= 4 is 24.7 Å². The number of imidazole rings is 1. The Morgan fingerprint density at radius 2 is 2.23 bits per heavy atom. The highest BCUT2D eigenvalue weighted by atomic mass is 31.2. The van der Waals surface area contributed by atoms with E-state index < -0.39 is 18.8 Å². The summed E-state index contributed by atoms with van der Waals surface area (Å²) in [7, 11) is -4.59. The van der Waals surface area contributed by atoms with Gasteiger partial charge in [0.2, 0.25) is 11.8 Å². The summed E-state index contributed by atoms with van der Waals surface area (Å²) in [4.78, 5) is 30.8. The molecule has 10 nitrogen and oxygen atoms in total. The first-order valence-electron chi connectivity index (χ1n) is 6.25. The predicted octanol–water partition coefficient (Wildman–Crippen LogP) is -0.0354. The molecule has 118 valence electrons. The zero-order valence-electron chi connectivity index (χ0n) is 11.4. The van der Waals surface area contributed by atoms with Crippen LogP contribution >= 0.6 is 7.60 Å². The SMILES string of the molecule is C=C1CO[C@](Cn2cnc3c(O)nc(N)nc32)(P(=O)(O)O)C1. The first-order valence-corrected chi connectivity index (χ1v) is 7.87. The second-order valence-electron chi connectivity index (χ2n) is 5.16. The molecule has 5 N–H and O–H groups in total. The number of aromatic nitrogens is 4. The van der Waals surface area contributed by atoms with Crippen molar-refractivity contribution in [2.24, 2.45) is 0 Å². The zero-order chi connectivity index (χ0) is 16.1. The van der Waals surface area contributed by atoms with Crippen molar-refractivity contribution in [2.75, 3.05) is 12.3 Å². The van der Waals surface area contributed by atoms with E-state index in [2.05, 4.69) is 21.5 Å². The fourth-order valence-corrected chi connectivity index (χ4v) is 3.44. The molecule has 22 heavy (non-hydrogen) atoms. The number of rotatable bonds is 3. The van der Waals surface area contributed by atoms with Crippen LogP contribution in [0.4, 0.5) is 5.95 Å². The molecular formula is C11H14N5O5P. The molecule has 0 radical (unpaired) electrons. The van der Waals surface area contributed by atoms with Crippen molar-refractivity contribution in [3.8, 4) is 5.88 Å². The van der Waals surface area contributed by atoms with Crippen LogP contribution in [-0.4, -0.2) is 46.4 Å². The monoisotopic (exact) mass is 327 g/mol. The van der Waals surface area contributed by atoms with Crippen LogP contribution in [0.3, 0.4) is 0 Å². The summed E-state index contributed by atoms with van der Waals surface area (Å²) in [5.41, 5.74) is 6.32. The average molecular weight is 327 g/mol. The molecule has 0 unspecified atom stereocenters. The van der Waals surface area contributed by atoms with Crippen molar-refractivity contribution in [3.63, 3.8) is 0 Å². The lowest BCUT2D eigenvalue weighted by Gasteiger charge is -2.29. The van der Waals surface area contributed by atoms with Gasteiger partial charge in [0.25, 0.3) is 0 Å². The summed E-state index contributed by atoms with van der Waals surface area (Å²) in [5.74, 6) is -0.572. The van der Waals surface area contributed by atoms with Gasteiger partial charge in [-0.15, -0.1) is 0 Å². The highest BCUT2D eigenvalue weighted by molar-refractivity contribution is 7.53. The van der Waals surface area contributed by atoms with E-state index in [-0.39, 0.29) is 36.7 Å². The number of aromatic hydroxyl groups is 1. The third-order valence-corrected chi connectivity index (χ3v) is 4.97. The molecule has 0 saturated carbocycles. The predicted molar refractivity (Wildman–Crippen MR) is 75.9 cm³/mol. The maximum Gasteiger partial charge on any atom is 0.359 e. The van der Waals surface area contributed by atoms with Gasteiger partial charge in [-0.1, -0.05) is 6.58 Å². The van der Waals surface area contributed by atoms with Crippen LogP contribution in [0.5, 0.6) is 5.88 Å². The molecule has 2 aromatic rings. The second kappa shape index (κ2) is 4.75. The van der Waals surface area contributed by atoms with Crippen LogP contribution in [0.25, 0.3) is 11.2 Å². The van der Waals surface area contributed by atoms with Gasteiger partial charge in [-0.05, 0) is 5.57 Å². The summed E-state index contributed by atoms with van der Waals surface area (Å²) in [6, 6.07) is 0. The Morgan fingerprint density at radius 1 is 1.50 bits per heavy atom. The number of nitrogens with zero attached hydrogens (tertiary/aromatic N) is 4. The van der Waals surface area contributed by atoms with Gasteiger partial charge in [0.1, 0.15) is 0 Å². The van der Waals surface area contributed by atoms with Gasteiger partial charge in [0.15, 0.2) is 16.5 Å². The minimum atomic E-state index is -4.59. The quantitative estimate of drug-likeness (QED) is 0.448. The van der Waals surface area contributed by atoms with E-state index in [0.29, 0.717) is 5.57 Å². The molecule has 1 aliphatic rings. The zero-order valence-corrected chi connectivity index (χ0v) is 12.3. The Balaban J connectivity index is 2.08. The fraction of sp³-hybridized carbons (Fsp3) is 0.364. The van der Waals surface area contributed by atoms with Crippen LogP contribution in [0, 0.1) is 0 Å². The van der Waals surface area contributed by atoms with Crippen LogP contribution in [0.15, 0.2) is 18.5 Å². The van der Waals surface area contributed by atoms with Gasteiger partial charge in [0, 0.05) is 6.42 Å². The third-order valence-electron chi connectivity index (χ3n) is 3.48. The van der Waals surface area contributed by atoms with E-state index in [1.165, 1.54) is 10.9 Å². The molecule has 3 rings (SSSR count). The Bertz CT molecular complexity index is 815. The van der Waals surface area contributed by atoms with Crippen molar-refractivity contribution < 1.29 is 24.2 Å². The Labute approximate surface area is 124 Å². The van der Waals surface area contributed by atoms with E-state index in [0.717, 1.165) is 0 Å². The summed E-state index contributed by atoms with van der Waals surface area (Å²) in [5, 5.41) is 7.96. The highest BCUT2D eigenvalue weighted by Gasteiger charge is 2.52. The number of ether oxygens (including phenoxy) is 1.